The Hall–Kier alpha value is -1.28. The lowest BCUT2D eigenvalue weighted by atomic mass is 10.1. The smallest absolute Gasteiger partial charge is 0.134 e. The number of fused-ring (bicyclic) bond motifs is 3. The van der Waals surface area contributed by atoms with Gasteiger partial charge in [0.2, 0.25) is 0 Å². The number of hydrogen-bond donors (Lipinski definition) is 1. The van der Waals surface area contributed by atoms with E-state index in [9.17, 15) is 0 Å². The zero-order valence-electron chi connectivity index (χ0n) is 7.21. The van der Waals surface area contributed by atoms with Gasteiger partial charge in [0.1, 0.15) is 11.3 Å². The van der Waals surface area contributed by atoms with Crippen molar-refractivity contribution in [2.75, 3.05) is 6.54 Å². The van der Waals surface area contributed by atoms with Crippen molar-refractivity contribution in [1.82, 2.24) is 5.32 Å². The lowest BCUT2D eigenvalue weighted by Gasteiger charge is -2.09. The summed E-state index contributed by atoms with van der Waals surface area (Å²) in [6.45, 7) is 2.97. The van der Waals surface area contributed by atoms with Gasteiger partial charge in [0.25, 0.3) is 0 Å². The van der Waals surface area contributed by atoms with Gasteiger partial charge in [0.15, 0.2) is 0 Å². The maximum Gasteiger partial charge on any atom is 0.134 e. The van der Waals surface area contributed by atoms with E-state index >= 15 is 0 Å². The fraction of sp³-hybridized carbons (Fsp3) is 0.182. The highest BCUT2D eigenvalue weighted by Gasteiger charge is 2.16. The molecule has 2 heteroatoms. The van der Waals surface area contributed by atoms with Crippen molar-refractivity contribution < 1.29 is 4.42 Å². The third-order valence-electron chi connectivity index (χ3n) is 2.48. The molecular formula is C11H10NO. The van der Waals surface area contributed by atoms with Gasteiger partial charge in [-0.3, -0.25) is 0 Å². The van der Waals surface area contributed by atoms with E-state index in [1.54, 1.807) is 0 Å². The molecule has 0 spiro atoms. The second kappa shape index (κ2) is 2.60. The molecule has 1 radical (unpaired) electrons. The molecule has 0 saturated heterocycles. The Balaban J connectivity index is 2.34. The first-order valence-corrected chi connectivity index (χ1v) is 4.52. The Bertz CT molecular complexity index is 444. The molecule has 0 atom stereocenters. The Morgan fingerprint density at radius 1 is 1.23 bits per heavy atom. The molecule has 1 aromatic carbocycles. The van der Waals surface area contributed by atoms with Crippen molar-refractivity contribution in [2.24, 2.45) is 0 Å². The van der Waals surface area contributed by atoms with Crippen LogP contribution in [0.4, 0.5) is 0 Å². The molecule has 13 heavy (non-hydrogen) atoms. The molecule has 0 fully saturated rings. The van der Waals surface area contributed by atoms with Crippen LogP contribution in [-0.2, 0) is 6.42 Å². The molecule has 2 aromatic rings. The van der Waals surface area contributed by atoms with Crippen LogP contribution in [-0.4, -0.2) is 6.54 Å². The van der Waals surface area contributed by atoms with Crippen LogP contribution in [0.3, 0.4) is 0 Å². The minimum Gasteiger partial charge on any atom is -0.459 e. The lowest BCUT2D eigenvalue weighted by molar-refractivity contribution is 0.547. The second-order valence-corrected chi connectivity index (χ2v) is 3.29. The van der Waals surface area contributed by atoms with Crippen LogP contribution in [0.15, 0.2) is 28.7 Å². The average Bonchev–Trinajstić information content (AvgIpc) is 2.56. The topological polar surface area (TPSA) is 25.2 Å². The van der Waals surface area contributed by atoms with E-state index in [1.807, 2.05) is 18.7 Å². The predicted molar refractivity (Wildman–Crippen MR) is 51.3 cm³/mol. The van der Waals surface area contributed by atoms with Gasteiger partial charge in [-0.15, -0.1) is 0 Å². The summed E-state index contributed by atoms with van der Waals surface area (Å²) in [6.07, 6.45) is 1.06. The third-order valence-corrected chi connectivity index (χ3v) is 2.48. The quantitative estimate of drug-likeness (QED) is 0.658. The Morgan fingerprint density at radius 2 is 2.15 bits per heavy atom. The Labute approximate surface area is 76.5 Å². The summed E-state index contributed by atoms with van der Waals surface area (Å²) in [5.41, 5.74) is 2.34. The summed E-state index contributed by atoms with van der Waals surface area (Å²) in [5.74, 6) is 0.993. The Kier molecular flexibility index (Phi) is 1.43. The minimum absolute atomic E-state index is 0.993. The molecule has 2 nitrogen and oxygen atoms in total. The van der Waals surface area contributed by atoms with Gasteiger partial charge < -0.3 is 9.73 Å². The highest BCUT2D eigenvalue weighted by Crippen LogP contribution is 2.28. The van der Waals surface area contributed by atoms with E-state index < -0.39 is 0 Å². The minimum atomic E-state index is 0.993. The van der Waals surface area contributed by atoms with Crippen molar-refractivity contribution in [2.45, 2.75) is 6.42 Å². The van der Waals surface area contributed by atoms with E-state index in [-0.39, 0.29) is 0 Å². The molecule has 1 aliphatic rings. The van der Waals surface area contributed by atoms with Gasteiger partial charge in [0, 0.05) is 17.5 Å². The first-order chi connectivity index (χ1) is 6.45. The largest absolute Gasteiger partial charge is 0.459 e. The van der Waals surface area contributed by atoms with Crippen LogP contribution in [0.2, 0.25) is 0 Å². The standard InChI is InChI=1S/C11H10NO/c1-2-4-10-8(3-1)9-5-6-12-7-11(9)13-10/h1-4,7,12H,5-6H2. The number of rotatable bonds is 0. The molecule has 1 aliphatic heterocycles. The van der Waals surface area contributed by atoms with E-state index in [4.69, 9.17) is 4.42 Å². The van der Waals surface area contributed by atoms with Crippen molar-refractivity contribution >= 4 is 11.0 Å². The second-order valence-electron chi connectivity index (χ2n) is 3.29. The van der Waals surface area contributed by atoms with Gasteiger partial charge >= 0.3 is 0 Å². The number of benzene rings is 1. The highest BCUT2D eigenvalue weighted by molar-refractivity contribution is 5.82. The molecule has 65 valence electrons. The Morgan fingerprint density at radius 3 is 3.15 bits per heavy atom. The molecule has 3 rings (SSSR count). The number of nitrogens with one attached hydrogen (secondary N) is 1. The van der Waals surface area contributed by atoms with Crippen LogP contribution in [0.5, 0.6) is 0 Å². The lowest BCUT2D eigenvalue weighted by Crippen LogP contribution is -2.20. The zero-order chi connectivity index (χ0) is 8.67. The highest BCUT2D eigenvalue weighted by atomic mass is 16.3. The average molecular weight is 172 g/mol. The van der Waals surface area contributed by atoms with Crippen LogP contribution in [0.25, 0.3) is 11.0 Å². The normalized spacial score (nSPS) is 16.0. The van der Waals surface area contributed by atoms with Gasteiger partial charge in [0.05, 0.1) is 6.54 Å². The van der Waals surface area contributed by atoms with Crippen LogP contribution in [0.1, 0.15) is 11.3 Å². The summed E-state index contributed by atoms with van der Waals surface area (Å²) in [4.78, 5) is 0. The molecule has 0 bridgehead atoms. The molecular weight excluding hydrogens is 162 g/mol. The first kappa shape index (κ1) is 7.15. The molecule has 2 heterocycles. The van der Waals surface area contributed by atoms with Gasteiger partial charge in [-0.2, -0.15) is 0 Å². The summed E-state index contributed by atoms with van der Waals surface area (Å²) in [7, 11) is 0. The van der Waals surface area contributed by atoms with Gasteiger partial charge in [-0.1, -0.05) is 18.2 Å². The van der Waals surface area contributed by atoms with Crippen LogP contribution in [0, 0.1) is 6.54 Å². The fourth-order valence-electron chi connectivity index (χ4n) is 1.85. The van der Waals surface area contributed by atoms with E-state index in [0.717, 1.165) is 24.3 Å². The maximum atomic E-state index is 5.67. The summed E-state index contributed by atoms with van der Waals surface area (Å²) in [5, 5.41) is 4.44. The van der Waals surface area contributed by atoms with Crippen molar-refractivity contribution in [3.05, 3.63) is 42.1 Å². The summed E-state index contributed by atoms with van der Waals surface area (Å²) >= 11 is 0. The van der Waals surface area contributed by atoms with Gasteiger partial charge in [-0.25, -0.2) is 0 Å². The van der Waals surface area contributed by atoms with Crippen LogP contribution < -0.4 is 5.32 Å². The third kappa shape index (κ3) is 0.988. The molecule has 0 saturated carbocycles. The van der Waals surface area contributed by atoms with Crippen LogP contribution >= 0.6 is 0 Å². The van der Waals surface area contributed by atoms with Crippen molar-refractivity contribution in [3.63, 3.8) is 0 Å². The molecule has 0 unspecified atom stereocenters. The number of hydrogen-bond acceptors (Lipinski definition) is 2. The van der Waals surface area contributed by atoms with Crippen molar-refractivity contribution in [1.29, 1.82) is 0 Å². The monoisotopic (exact) mass is 172 g/mol. The van der Waals surface area contributed by atoms with E-state index in [2.05, 4.69) is 17.4 Å². The van der Waals surface area contributed by atoms with E-state index in [1.165, 1.54) is 10.9 Å². The number of para-hydroxylation sites is 1. The summed E-state index contributed by atoms with van der Waals surface area (Å²) in [6, 6.07) is 8.20. The molecule has 0 aliphatic carbocycles. The molecule has 0 amide bonds. The van der Waals surface area contributed by atoms with Crippen molar-refractivity contribution in [3.8, 4) is 0 Å². The SMILES string of the molecule is [CH]1NCCc2c1oc1ccccc21. The number of furan rings is 1. The van der Waals surface area contributed by atoms with E-state index in [0.29, 0.717) is 0 Å². The molecule has 1 N–H and O–H groups in total. The zero-order valence-corrected chi connectivity index (χ0v) is 7.21. The predicted octanol–water partition coefficient (Wildman–Crippen LogP) is 2.09. The van der Waals surface area contributed by atoms with Gasteiger partial charge in [-0.05, 0) is 12.5 Å². The molecule has 1 aromatic heterocycles. The fourth-order valence-corrected chi connectivity index (χ4v) is 1.85. The summed E-state index contributed by atoms with van der Waals surface area (Å²) < 4.78 is 5.67. The maximum absolute atomic E-state index is 5.67. The first-order valence-electron chi connectivity index (χ1n) is 4.52.